The van der Waals surface area contributed by atoms with Crippen molar-refractivity contribution in [3.05, 3.63) is 21.0 Å². The van der Waals surface area contributed by atoms with Crippen LogP contribution in [-0.2, 0) is 11.3 Å². The second-order valence-corrected chi connectivity index (χ2v) is 5.58. The monoisotopic (exact) mass is 342 g/mol. The number of hydrogen-bond donors (Lipinski definition) is 1. The second kappa shape index (κ2) is 6.88. The van der Waals surface area contributed by atoms with Gasteiger partial charge in [-0.2, -0.15) is 5.10 Å². The molecule has 0 unspecified atom stereocenters. The third kappa shape index (κ3) is 3.39. The summed E-state index contributed by atoms with van der Waals surface area (Å²) in [5.74, 6) is 0.0660. The number of hydrogen-bond acceptors (Lipinski definition) is 4. The number of carbonyl (C=O) groups is 1. The largest absolute Gasteiger partial charge is 0.374 e. The molecule has 1 aliphatic rings. The molecule has 0 bridgehead atoms. The maximum atomic E-state index is 12.0. The summed E-state index contributed by atoms with van der Waals surface area (Å²) in [7, 11) is 0. The van der Waals surface area contributed by atoms with E-state index in [1.54, 1.807) is 6.20 Å². The van der Waals surface area contributed by atoms with Crippen molar-refractivity contribution >= 4 is 27.5 Å². The minimum Gasteiger partial charge on any atom is -0.374 e. The molecule has 0 saturated carbocycles. The van der Waals surface area contributed by atoms with Crippen molar-refractivity contribution in [2.75, 3.05) is 25.0 Å². The van der Waals surface area contributed by atoms with Gasteiger partial charge < -0.3 is 10.2 Å². The van der Waals surface area contributed by atoms with Crippen molar-refractivity contribution in [1.29, 1.82) is 0 Å². The van der Waals surface area contributed by atoms with E-state index in [0.717, 1.165) is 25.9 Å². The Kier molecular flexibility index (Phi) is 5.17. The number of aryl methyl sites for hydroxylation is 1. The van der Waals surface area contributed by atoms with E-state index in [1.165, 1.54) is 11.1 Å². The SMILES string of the molecule is CCn1ncc(NCC(=O)N2CCCCC2)c(Br)c1=O. The lowest BCUT2D eigenvalue weighted by atomic mass is 10.1. The van der Waals surface area contributed by atoms with Crippen molar-refractivity contribution < 1.29 is 4.79 Å². The van der Waals surface area contributed by atoms with Crippen molar-refractivity contribution in [2.24, 2.45) is 0 Å². The number of likely N-dealkylation sites (tertiary alicyclic amines) is 1. The Morgan fingerprint density at radius 2 is 2.10 bits per heavy atom. The number of amides is 1. The minimum absolute atomic E-state index is 0.0660. The fourth-order valence-electron chi connectivity index (χ4n) is 2.24. The number of nitrogens with one attached hydrogen (secondary N) is 1. The van der Waals surface area contributed by atoms with E-state index in [0.29, 0.717) is 16.7 Å². The van der Waals surface area contributed by atoms with E-state index >= 15 is 0 Å². The van der Waals surface area contributed by atoms with E-state index < -0.39 is 0 Å². The average molecular weight is 343 g/mol. The molecule has 0 spiro atoms. The molecule has 1 saturated heterocycles. The van der Waals surface area contributed by atoms with Crippen LogP contribution in [0.15, 0.2) is 15.5 Å². The number of carbonyl (C=O) groups excluding carboxylic acids is 1. The van der Waals surface area contributed by atoms with Crippen LogP contribution in [0.2, 0.25) is 0 Å². The minimum atomic E-state index is -0.192. The van der Waals surface area contributed by atoms with Gasteiger partial charge in [0.15, 0.2) is 0 Å². The van der Waals surface area contributed by atoms with Gasteiger partial charge in [0, 0.05) is 19.6 Å². The quantitative estimate of drug-likeness (QED) is 0.899. The molecule has 1 aliphatic heterocycles. The van der Waals surface area contributed by atoms with Crippen LogP contribution in [0.25, 0.3) is 0 Å². The molecule has 1 fully saturated rings. The number of nitrogens with zero attached hydrogens (tertiary/aromatic N) is 3. The molecule has 1 aromatic heterocycles. The summed E-state index contributed by atoms with van der Waals surface area (Å²) in [6, 6.07) is 0. The molecule has 1 amide bonds. The summed E-state index contributed by atoms with van der Waals surface area (Å²) in [6.45, 7) is 4.23. The molecule has 1 aromatic rings. The standard InChI is InChI=1S/C13H19BrN4O2/c1-2-18-13(20)12(14)10(8-16-18)15-9-11(19)17-6-4-3-5-7-17/h8,15H,2-7,9H2,1H3. The Morgan fingerprint density at radius 1 is 1.40 bits per heavy atom. The average Bonchev–Trinajstić information content (AvgIpc) is 2.49. The van der Waals surface area contributed by atoms with Crippen LogP contribution in [0.3, 0.4) is 0 Å². The zero-order valence-corrected chi connectivity index (χ0v) is 13.1. The Hall–Kier alpha value is -1.37. The smallest absolute Gasteiger partial charge is 0.283 e. The zero-order valence-electron chi connectivity index (χ0n) is 11.6. The molecule has 2 rings (SSSR count). The molecule has 20 heavy (non-hydrogen) atoms. The Bertz CT molecular complexity index is 538. The van der Waals surface area contributed by atoms with Gasteiger partial charge in [0.2, 0.25) is 5.91 Å². The normalized spacial score (nSPS) is 15.2. The summed E-state index contributed by atoms with van der Waals surface area (Å²) in [5, 5.41) is 7.02. The number of rotatable bonds is 4. The summed E-state index contributed by atoms with van der Waals surface area (Å²) < 4.78 is 1.78. The van der Waals surface area contributed by atoms with Gasteiger partial charge in [-0.05, 0) is 42.1 Å². The van der Waals surface area contributed by atoms with Crippen molar-refractivity contribution in [1.82, 2.24) is 14.7 Å². The zero-order chi connectivity index (χ0) is 14.5. The van der Waals surface area contributed by atoms with Crippen LogP contribution in [0, 0.1) is 0 Å². The number of anilines is 1. The van der Waals surface area contributed by atoms with E-state index in [4.69, 9.17) is 0 Å². The summed E-state index contributed by atoms with van der Waals surface area (Å²) >= 11 is 3.26. The van der Waals surface area contributed by atoms with Gasteiger partial charge in [-0.15, -0.1) is 0 Å². The van der Waals surface area contributed by atoms with Crippen molar-refractivity contribution in [3.8, 4) is 0 Å². The molecule has 7 heteroatoms. The fourth-order valence-corrected chi connectivity index (χ4v) is 2.69. The summed E-state index contributed by atoms with van der Waals surface area (Å²) in [4.78, 5) is 25.8. The predicted molar refractivity (Wildman–Crippen MR) is 80.8 cm³/mol. The molecule has 6 nitrogen and oxygen atoms in total. The van der Waals surface area contributed by atoms with Crippen LogP contribution in [0.4, 0.5) is 5.69 Å². The maximum absolute atomic E-state index is 12.0. The first-order valence-corrected chi connectivity index (χ1v) is 7.70. The number of aromatic nitrogens is 2. The Balaban J connectivity index is 1.98. The molecule has 2 heterocycles. The second-order valence-electron chi connectivity index (χ2n) is 4.79. The number of piperidine rings is 1. The molecular formula is C13H19BrN4O2. The topological polar surface area (TPSA) is 67.2 Å². The highest BCUT2D eigenvalue weighted by Crippen LogP contribution is 2.16. The van der Waals surface area contributed by atoms with Gasteiger partial charge in [0.05, 0.1) is 18.4 Å². The highest BCUT2D eigenvalue weighted by molar-refractivity contribution is 9.10. The van der Waals surface area contributed by atoms with Crippen molar-refractivity contribution in [2.45, 2.75) is 32.7 Å². The lowest BCUT2D eigenvalue weighted by Crippen LogP contribution is -2.39. The number of halogens is 1. The van der Waals surface area contributed by atoms with E-state index in [1.807, 2.05) is 11.8 Å². The third-order valence-corrected chi connectivity index (χ3v) is 4.19. The van der Waals surface area contributed by atoms with Gasteiger partial charge in [0.25, 0.3) is 5.56 Å². The van der Waals surface area contributed by atoms with Crippen LogP contribution < -0.4 is 10.9 Å². The molecule has 110 valence electrons. The maximum Gasteiger partial charge on any atom is 0.283 e. The first-order chi connectivity index (χ1) is 9.63. The van der Waals surface area contributed by atoms with Crippen LogP contribution in [-0.4, -0.2) is 40.2 Å². The third-order valence-electron chi connectivity index (χ3n) is 3.42. The van der Waals surface area contributed by atoms with Crippen LogP contribution >= 0.6 is 15.9 Å². The Morgan fingerprint density at radius 3 is 2.75 bits per heavy atom. The van der Waals surface area contributed by atoms with E-state index in [-0.39, 0.29) is 18.0 Å². The van der Waals surface area contributed by atoms with Gasteiger partial charge >= 0.3 is 0 Å². The lowest BCUT2D eigenvalue weighted by Gasteiger charge is -2.26. The molecule has 0 aromatic carbocycles. The summed E-state index contributed by atoms with van der Waals surface area (Å²) in [6.07, 6.45) is 4.91. The highest BCUT2D eigenvalue weighted by Gasteiger charge is 2.16. The van der Waals surface area contributed by atoms with Gasteiger partial charge in [-0.25, -0.2) is 4.68 Å². The summed E-state index contributed by atoms with van der Waals surface area (Å²) in [5.41, 5.74) is 0.369. The molecule has 1 N–H and O–H groups in total. The predicted octanol–water partition coefficient (Wildman–Crippen LogP) is 1.45. The molecule has 0 atom stereocenters. The van der Waals surface area contributed by atoms with E-state index in [2.05, 4.69) is 26.3 Å². The Labute approximate surface area is 126 Å². The lowest BCUT2D eigenvalue weighted by molar-refractivity contribution is -0.130. The van der Waals surface area contributed by atoms with E-state index in [9.17, 15) is 9.59 Å². The van der Waals surface area contributed by atoms with Crippen LogP contribution in [0.5, 0.6) is 0 Å². The first kappa shape index (κ1) is 15.0. The van der Waals surface area contributed by atoms with Gasteiger partial charge in [0.1, 0.15) is 4.47 Å². The van der Waals surface area contributed by atoms with Crippen molar-refractivity contribution in [3.63, 3.8) is 0 Å². The highest BCUT2D eigenvalue weighted by atomic mass is 79.9. The molecule has 0 aliphatic carbocycles. The van der Waals surface area contributed by atoms with Gasteiger partial charge in [-0.1, -0.05) is 0 Å². The fraction of sp³-hybridized carbons (Fsp3) is 0.615. The molecular weight excluding hydrogens is 324 g/mol. The molecule has 0 radical (unpaired) electrons. The first-order valence-electron chi connectivity index (χ1n) is 6.90. The van der Waals surface area contributed by atoms with Gasteiger partial charge in [-0.3, -0.25) is 9.59 Å². The van der Waals surface area contributed by atoms with Crippen LogP contribution in [0.1, 0.15) is 26.2 Å².